The first-order valence-corrected chi connectivity index (χ1v) is 9.97. The Bertz CT molecular complexity index is 1070. The smallest absolute Gasteiger partial charge is 0.255 e. The zero-order valence-corrected chi connectivity index (χ0v) is 17.2. The van der Waals surface area contributed by atoms with Gasteiger partial charge in [0.1, 0.15) is 17.5 Å². The molecule has 2 amide bonds. The highest BCUT2D eigenvalue weighted by atomic mass is 19.1. The Morgan fingerprint density at radius 3 is 2.03 bits per heavy atom. The first kappa shape index (κ1) is 23.0. The van der Waals surface area contributed by atoms with Gasteiger partial charge in [-0.2, -0.15) is 0 Å². The van der Waals surface area contributed by atoms with Crippen LogP contribution in [-0.2, 0) is 6.54 Å². The first-order chi connectivity index (χ1) is 15.4. The zero-order chi connectivity index (χ0) is 23.1. The molecule has 166 valence electrons. The molecule has 0 radical (unpaired) electrons. The van der Waals surface area contributed by atoms with E-state index in [1.165, 1.54) is 29.2 Å². The molecule has 5 nitrogen and oxygen atoms in total. The van der Waals surface area contributed by atoms with E-state index in [9.17, 15) is 22.8 Å². The molecule has 0 saturated carbocycles. The van der Waals surface area contributed by atoms with Gasteiger partial charge in [-0.05, 0) is 67.1 Å². The summed E-state index contributed by atoms with van der Waals surface area (Å²) >= 11 is 0. The van der Waals surface area contributed by atoms with Gasteiger partial charge in [-0.25, -0.2) is 13.2 Å². The minimum Gasteiger partial charge on any atom is -0.334 e. The van der Waals surface area contributed by atoms with Crippen LogP contribution in [0.15, 0.2) is 66.7 Å². The summed E-state index contributed by atoms with van der Waals surface area (Å²) in [7, 11) is 0. The van der Waals surface area contributed by atoms with Crippen molar-refractivity contribution in [3.63, 3.8) is 0 Å². The number of benzene rings is 3. The average Bonchev–Trinajstić information content (AvgIpc) is 2.77. The molecule has 0 heterocycles. The fourth-order valence-electron chi connectivity index (χ4n) is 3.11. The number of nitrogens with zero attached hydrogens (tertiary/aromatic N) is 1. The van der Waals surface area contributed by atoms with Gasteiger partial charge in [-0.1, -0.05) is 12.1 Å². The van der Waals surface area contributed by atoms with Crippen molar-refractivity contribution < 1.29 is 22.8 Å². The van der Waals surface area contributed by atoms with Crippen molar-refractivity contribution >= 4 is 17.5 Å². The van der Waals surface area contributed by atoms with Gasteiger partial charge in [0.05, 0.1) is 0 Å². The molecule has 3 N–H and O–H groups in total. The third-order valence-corrected chi connectivity index (χ3v) is 4.72. The molecule has 32 heavy (non-hydrogen) atoms. The number of amides is 2. The van der Waals surface area contributed by atoms with E-state index in [0.29, 0.717) is 36.8 Å². The number of carbonyl (C=O) groups excluding carboxylic acids is 2. The third-order valence-electron chi connectivity index (χ3n) is 4.72. The lowest BCUT2D eigenvalue weighted by Gasteiger charge is -2.23. The van der Waals surface area contributed by atoms with Crippen molar-refractivity contribution in [1.82, 2.24) is 4.90 Å². The van der Waals surface area contributed by atoms with Crippen LogP contribution in [0, 0.1) is 17.5 Å². The Hall–Kier alpha value is -3.65. The van der Waals surface area contributed by atoms with Crippen molar-refractivity contribution in [2.45, 2.75) is 13.0 Å². The van der Waals surface area contributed by atoms with Crippen molar-refractivity contribution in [1.29, 1.82) is 0 Å². The number of rotatable bonds is 8. The Labute approximate surface area is 183 Å². The van der Waals surface area contributed by atoms with E-state index >= 15 is 0 Å². The van der Waals surface area contributed by atoms with Crippen molar-refractivity contribution in [2.75, 3.05) is 18.4 Å². The molecular formula is C24H22F3N3O2. The Balaban J connectivity index is 1.70. The summed E-state index contributed by atoms with van der Waals surface area (Å²) < 4.78 is 40.1. The van der Waals surface area contributed by atoms with Gasteiger partial charge < -0.3 is 16.0 Å². The normalized spacial score (nSPS) is 10.6. The van der Waals surface area contributed by atoms with Gasteiger partial charge in [0.15, 0.2) is 0 Å². The first-order valence-electron chi connectivity index (χ1n) is 9.97. The molecule has 0 unspecified atom stereocenters. The maximum atomic E-state index is 13.5. The number of hydrogen-bond donors (Lipinski definition) is 2. The van der Waals surface area contributed by atoms with Crippen LogP contribution in [0.1, 0.15) is 32.7 Å². The number of carbonyl (C=O) groups is 2. The van der Waals surface area contributed by atoms with E-state index in [2.05, 4.69) is 5.32 Å². The van der Waals surface area contributed by atoms with E-state index < -0.39 is 23.4 Å². The standard InChI is InChI=1S/C24H22F3N3O2/c25-19-6-4-17(5-7-19)23(31)29-22-8-2-16(3-9-22)15-30(11-1-10-28)24(32)18-12-20(26)14-21(27)13-18/h2-9,12-14H,1,10-11,15,28H2,(H,29,31). The lowest BCUT2D eigenvalue weighted by atomic mass is 10.1. The fourth-order valence-corrected chi connectivity index (χ4v) is 3.11. The number of anilines is 1. The summed E-state index contributed by atoms with van der Waals surface area (Å²) in [5, 5.41) is 2.71. The number of nitrogens with one attached hydrogen (secondary N) is 1. The van der Waals surface area contributed by atoms with Gasteiger partial charge in [0.25, 0.3) is 11.8 Å². The molecule has 0 aliphatic heterocycles. The van der Waals surface area contributed by atoms with Crippen LogP contribution in [0.3, 0.4) is 0 Å². The number of hydrogen-bond acceptors (Lipinski definition) is 3. The highest BCUT2D eigenvalue weighted by Gasteiger charge is 2.18. The molecule has 0 aromatic heterocycles. The van der Waals surface area contributed by atoms with Gasteiger partial charge in [-0.15, -0.1) is 0 Å². The van der Waals surface area contributed by atoms with Crippen molar-refractivity contribution in [3.8, 4) is 0 Å². The van der Waals surface area contributed by atoms with Gasteiger partial charge in [-0.3, -0.25) is 9.59 Å². The maximum Gasteiger partial charge on any atom is 0.255 e. The highest BCUT2D eigenvalue weighted by Crippen LogP contribution is 2.17. The molecule has 3 aromatic rings. The average molecular weight is 441 g/mol. The van der Waals surface area contributed by atoms with Crippen LogP contribution in [0.25, 0.3) is 0 Å². The summed E-state index contributed by atoms with van der Waals surface area (Å²) in [4.78, 5) is 26.5. The van der Waals surface area contributed by atoms with Crippen molar-refractivity contribution in [2.24, 2.45) is 5.73 Å². The van der Waals surface area contributed by atoms with E-state index in [1.54, 1.807) is 24.3 Å². The van der Waals surface area contributed by atoms with Crippen LogP contribution >= 0.6 is 0 Å². The monoisotopic (exact) mass is 441 g/mol. The fraction of sp³-hybridized carbons (Fsp3) is 0.167. The third kappa shape index (κ3) is 6.18. The second kappa shape index (κ2) is 10.6. The van der Waals surface area contributed by atoms with Gasteiger partial charge in [0.2, 0.25) is 0 Å². The second-order valence-electron chi connectivity index (χ2n) is 7.19. The van der Waals surface area contributed by atoms with Gasteiger partial charge in [0, 0.05) is 36.0 Å². The summed E-state index contributed by atoms with van der Waals surface area (Å²) in [6.45, 7) is 0.870. The summed E-state index contributed by atoms with van der Waals surface area (Å²) in [5.74, 6) is -2.97. The predicted octanol–water partition coefficient (Wildman–Crippen LogP) is 4.35. The molecule has 0 atom stereocenters. The molecule has 0 aliphatic rings. The highest BCUT2D eigenvalue weighted by molar-refractivity contribution is 6.04. The predicted molar refractivity (Wildman–Crippen MR) is 116 cm³/mol. The minimum absolute atomic E-state index is 0.0808. The largest absolute Gasteiger partial charge is 0.334 e. The molecule has 0 aliphatic carbocycles. The van der Waals surface area contributed by atoms with Crippen LogP contribution in [0.5, 0.6) is 0 Å². The molecule has 3 aromatic carbocycles. The maximum absolute atomic E-state index is 13.5. The van der Waals surface area contributed by atoms with Gasteiger partial charge >= 0.3 is 0 Å². The Morgan fingerprint density at radius 1 is 0.812 bits per heavy atom. The van der Waals surface area contributed by atoms with Crippen LogP contribution in [-0.4, -0.2) is 29.8 Å². The number of nitrogens with two attached hydrogens (primary N) is 1. The van der Waals surface area contributed by atoms with Crippen LogP contribution in [0.2, 0.25) is 0 Å². The zero-order valence-electron chi connectivity index (χ0n) is 17.2. The topological polar surface area (TPSA) is 75.4 Å². The van der Waals surface area contributed by atoms with Crippen LogP contribution < -0.4 is 11.1 Å². The molecule has 0 saturated heterocycles. The van der Waals surface area contributed by atoms with E-state index in [1.807, 2.05) is 0 Å². The number of halogens is 3. The van der Waals surface area contributed by atoms with E-state index in [4.69, 9.17) is 5.73 Å². The molecular weight excluding hydrogens is 419 g/mol. The van der Waals surface area contributed by atoms with Crippen LogP contribution in [0.4, 0.5) is 18.9 Å². The lowest BCUT2D eigenvalue weighted by molar-refractivity contribution is 0.0741. The lowest BCUT2D eigenvalue weighted by Crippen LogP contribution is -2.32. The summed E-state index contributed by atoms with van der Waals surface area (Å²) in [6, 6.07) is 14.7. The minimum atomic E-state index is -0.826. The Morgan fingerprint density at radius 2 is 1.44 bits per heavy atom. The molecule has 0 bridgehead atoms. The summed E-state index contributed by atoms with van der Waals surface area (Å²) in [6.07, 6.45) is 0.523. The molecule has 3 rings (SSSR count). The van der Waals surface area contributed by atoms with Crippen molar-refractivity contribution in [3.05, 3.63) is 101 Å². The Kier molecular flexibility index (Phi) is 7.62. The molecule has 0 fully saturated rings. The van der Waals surface area contributed by atoms with E-state index in [0.717, 1.165) is 17.7 Å². The summed E-state index contributed by atoms with van der Waals surface area (Å²) in [5.41, 5.74) is 7.08. The molecule has 0 spiro atoms. The van der Waals surface area contributed by atoms with E-state index in [-0.39, 0.29) is 18.0 Å². The molecule has 8 heteroatoms. The quantitative estimate of drug-likeness (QED) is 0.546. The SMILES string of the molecule is NCCCN(Cc1ccc(NC(=O)c2ccc(F)cc2)cc1)C(=O)c1cc(F)cc(F)c1. The second-order valence-corrected chi connectivity index (χ2v) is 7.19.